The third-order valence-corrected chi connectivity index (χ3v) is 5.72. The molecule has 2 aliphatic rings. The Kier molecular flexibility index (Phi) is 5.04. The van der Waals surface area contributed by atoms with Crippen molar-refractivity contribution >= 4 is 15.7 Å². The number of morpholine rings is 1. The van der Waals surface area contributed by atoms with Gasteiger partial charge in [-0.05, 0) is 13.3 Å². The molecule has 0 bridgehead atoms. The molecule has 0 aromatic carbocycles. The number of hydrogen-bond acceptors (Lipinski definition) is 5. The lowest BCUT2D eigenvalue weighted by atomic mass is 10.1. The van der Waals surface area contributed by atoms with E-state index in [2.05, 4.69) is 5.32 Å². The average molecular weight is 304 g/mol. The second-order valence-corrected chi connectivity index (χ2v) is 7.95. The van der Waals surface area contributed by atoms with Crippen LogP contribution in [-0.2, 0) is 19.4 Å². The summed E-state index contributed by atoms with van der Waals surface area (Å²) in [7, 11) is -3.00. The van der Waals surface area contributed by atoms with Crippen LogP contribution in [0.15, 0.2) is 0 Å². The highest BCUT2D eigenvalue weighted by Gasteiger charge is 2.32. The summed E-state index contributed by atoms with van der Waals surface area (Å²) in [5.74, 6) is 0.265. The van der Waals surface area contributed by atoms with Gasteiger partial charge in [-0.15, -0.1) is 0 Å². The van der Waals surface area contributed by atoms with Crippen LogP contribution in [0.5, 0.6) is 0 Å². The lowest BCUT2D eigenvalue weighted by Gasteiger charge is -2.39. The largest absolute Gasteiger partial charge is 0.375 e. The van der Waals surface area contributed by atoms with E-state index in [0.29, 0.717) is 19.7 Å². The van der Waals surface area contributed by atoms with Crippen LogP contribution in [0.4, 0.5) is 0 Å². The van der Waals surface area contributed by atoms with Gasteiger partial charge in [-0.1, -0.05) is 6.92 Å². The van der Waals surface area contributed by atoms with Gasteiger partial charge < -0.3 is 15.0 Å². The van der Waals surface area contributed by atoms with E-state index in [1.165, 1.54) is 0 Å². The molecule has 2 fully saturated rings. The topological polar surface area (TPSA) is 75.7 Å². The average Bonchev–Trinajstić information content (AvgIpc) is 2.37. The number of nitrogens with one attached hydrogen (secondary N) is 1. The first-order valence-electron chi connectivity index (χ1n) is 7.26. The van der Waals surface area contributed by atoms with Crippen LogP contribution in [0.2, 0.25) is 0 Å². The van der Waals surface area contributed by atoms with Crippen molar-refractivity contribution in [2.45, 2.75) is 44.9 Å². The monoisotopic (exact) mass is 304 g/mol. The molecule has 0 spiro atoms. The highest BCUT2D eigenvalue weighted by molar-refractivity contribution is 7.91. The highest BCUT2D eigenvalue weighted by Crippen LogP contribution is 2.17. The fourth-order valence-electron chi connectivity index (χ4n) is 2.81. The van der Waals surface area contributed by atoms with Crippen molar-refractivity contribution in [3.8, 4) is 0 Å². The fraction of sp³-hybridized carbons (Fsp3) is 0.923. The van der Waals surface area contributed by atoms with Crippen LogP contribution in [0.1, 0.15) is 26.7 Å². The van der Waals surface area contributed by atoms with Crippen LogP contribution < -0.4 is 5.32 Å². The van der Waals surface area contributed by atoms with Crippen molar-refractivity contribution in [1.82, 2.24) is 10.2 Å². The molecule has 2 aliphatic heterocycles. The summed E-state index contributed by atoms with van der Waals surface area (Å²) >= 11 is 0. The lowest BCUT2D eigenvalue weighted by Crippen LogP contribution is -2.54. The maximum Gasteiger partial charge on any atom is 0.224 e. The predicted octanol–water partition coefficient (Wildman–Crippen LogP) is -0.211. The van der Waals surface area contributed by atoms with Crippen LogP contribution in [0.25, 0.3) is 0 Å². The third kappa shape index (κ3) is 3.93. The Morgan fingerprint density at radius 3 is 2.85 bits per heavy atom. The van der Waals surface area contributed by atoms with E-state index in [4.69, 9.17) is 4.74 Å². The van der Waals surface area contributed by atoms with Gasteiger partial charge in [0.2, 0.25) is 5.91 Å². The quantitative estimate of drug-likeness (QED) is 0.781. The molecule has 2 saturated heterocycles. The number of ether oxygens (including phenoxy) is 1. The van der Waals surface area contributed by atoms with Gasteiger partial charge in [0.25, 0.3) is 0 Å². The molecular formula is C13H24N2O4S. The van der Waals surface area contributed by atoms with Gasteiger partial charge in [-0.3, -0.25) is 4.79 Å². The minimum Gasteiger partial charge on any atom is -0.375 e. The van der Waals surface area contributed by atoms with Crippen molar-refractivity contribution < 1.29 is 17.9 Å². The Morgan fingerprint density at radius 1 is 1.45 bits per heavy atom. The molecule has 2 rings (SSSR count). The summed E-state index contributed by atoms with van der Waals surface area (Å²) in [5.41, 5.74) is 0. The molecule has 20 heavy (non-hydrogen) atoms. The van der Waals surface area contributed by atoms with Crippen LogP contribution in [0, 0.1) is 0 Å². The normalized spacial score (nSPS) is 33.9. The predicted molar refractivity (Wildman–Crippen MR) is 76.3 cm³/mol. The zero-order chi connectivity index (χ0) is 14.8. The molecule has 6 nitrogen and oxygen atoms in total. The van der Waals surface area contributed by atoms with Crippen LogP contribution >= 0.6 is 0 Å². The minimum absolute atomic E-state index is 0.0293. The molecule has 116 valence electrons. The third-order valence-electron chi connectivity index (χ3n) is 3.98. The van der Waals surface area contributed by atoms with Gasteiger partial charge >= 0.3 is 0 Å². The van der Waals surface area contributed by atoms with E-state index in [0.717, 1.165) is 6.42 Å². The number of sulfone groups is 1. The van der Waals surface area contributed by atoms with E-state index < -0.39 is 9.84 Å². The molecule has 0 aromatic rings. The number of rotatable bonds is 3. The van der Waals surface area contributed by atoms with Crippen molar-refractivity contribution in [3.63, 3.8) is 0 Å². The zero-order valence-electron chi connectivity index (χ0n) is 12.2. The summed E-state index contributed by atoms with van der Waals surface area (Å²) in [6.45, 7) is 5.59. The number of amides is 1. The van der Waals surface area contributed by atoms with Gasteiger partial charge in [-0.25, -0.2) is 8.42 Å². The molecule has 3 unspecified atom stereocenters. The van der Waals surface area contributed by atoms with E-state index in [1.54, 1.807) is 0 Å². The van der Waals surface area contributed by atoms with Gasteiger partial charge in [0.1, 0.15) is 0 Å². The van der Waals surface area contributed by atoms with E-state index in [1.807, 2.05) is 18.7 Å². The Morgan fingerprint density at radius 2 is 2.20 bits per heavy atom. The van der Waals surface area contributed by atoms with Crippen molar-refractivity contribution in [3.05, 3.63) is 0 Å². The summed E-state index contributed by atoms with van der Waals surface area (Å²) in [6.07, 6.45) is 1.15. The molecule has 7 heteroatoms. The Bertz CT molecular complexity index is 451. The number of nitrogens with zero attached hydrogens (tertiary/aromatic N) is 1. The highest BCUT2D eigenvalue weighted by atomic mass is 32.2. The first kappa shape index (κ1) is 15.7. The minimum atomic E-state index is -3.00. The van der Waals surface area contributed by atoms with Crippen molar-refractivity contribution in [2.24, 2.45) is 0 Å². The van der Waals surface area contributed by atoms with E-state index in [9.17, 15) is 13.2 Å². The number of carbonyl (C=O) groups excluding carboxylic acids is 1. The second kappa shape index (κ2) is 6.41. The van der Waals surface area contributed by atoms with Crippen molar-refractivity contribution in [2.75, 3.05) is 31.2 Å². The first-order valence-corrected chi connectivity index (χ1v) is 9.08. The molecular weight excluding hydrogens is 280 g/mol. The molecule has 0 aromatic heterocycles. The Balaban J connectivity index is 1.96. The Labute approximate surface area is 120 Å². The molecule has 3 atom stereocenters. The SMILES string of the molecule is CCC1COC(C)CN1C(=O)CC1CS(=O)(=O)CCN1. The Hall–Kier alpha value is -0.660. The molecule has 1 amide bonds. The number of carbonyl (C=O) groups is 1. The maximum absolute atomic E-state index is 12.4. The van der Waals surface area contributed by atoms with Gasteiger partial charge in [0.15, 0.2) is 9.84 Å². The summed E-state index contributed by atoms with van der Waals surface area (Å²) in [4.78, 5) is 14.3. The second-order valence-electron chi connectivity index (χ2n) is 5.72. The smallest absolute Gasteiger partial charge is 0.224 e. The maximum atomic E-state index is 12.4. The molecule has 0 aliphatic carbocycles. The van der Waals surface area contributed by atoms with E-state index >= 15 is 0 Å². The lowest BCUT2D eigenvalue weighted by molar-refractivity contribution is -0.144. The molecule has 1 N–H and O–H groups in total. The standard InChI is InChI=1S/C13H24N2O4S/c1-3-12-8-19-10(2)7-15(12)13(16)6-11-9-20(17,18)5-4-14-11/h10-12,14H,3-9H2,1-2H3. The molecule has 0 saturated carbocycles. The van der Waals surface area contributed by atoms with Crippen LogP contribution in [-0.4, -0.2) is 68.6 Å². The van der Waals surface area contributed by atoms with Gasteiger partial charge in [0.05, 0.1) is 30.3 Å². The molecule has 2 heterocycles. The summed E-state index contributed by atoms with van der Waals surface area (Å²) in [5, 5.41) is 3.13. The first-order chi connectivity index (χ1) is 9.41. The van der Waals surface area contributed by atoms with Gasteiger partial charge in [-0.2, -0.15) is 0 Å². The summed E-state index contributed by atoms with van der Waals surface area (Å²) < 4.78 is 28.8. The van der Waals surface area contributed by atoms with Gasteiger partial charge in [0, 0.05) is 25.6 Å². The fourth-order valence-corrected chi connectivity index (χ4v) is 4.26. The summed E-state index contributed by atoms with van der Waals surface area (Å²) in [6, 6.07) is -0.143. The number of hydrogen-bond donors (Lipinski definition) is 1. The van der Waals surface area contributed by atoms with Crippen LogP contribution in [0.3, 0.4) is 0 Å². The van der Waals surface area contributed by atoms with E-state index in [-0.39, 0.29) is 42.0 Å². The molecule has 0 radical (unpaired) electrons. The zero-order valence-corrected chi connectivity index (χ0v) is 13.0. The van der Waals surface area contributed by atoms with Crippen molar-refractivity contribution in [1.29, 1.82) is 0 Å².